The number of hydrogen-bond acceptors (Lipinski definition) is 11. The van der Waals surface area contributed by atoms with E-state index in [1.165, 1.54) is 20.8 Å². The van der Waals surface area contributed by atoms with Gasteiger partial charge in [-0.25, -0.2) is 19.2 Å². The number of aliphatic carboxylic acids is 1. The zero-order valence-electron chi connectivity index (χ0n) is 17.0. The molecular formula is C17H23NO11S. The van der Waals surface area contributed by atoms with Crippen LogP contribution in [0.5, 0.6) is 0 Å². The first-order valence-electron chi connectivity index (χ1n) is 8.61. The predicted octanol–water partition coefficient (Wildman–Crippen LogP) is 2.03. The SMILES string of the molecule is Cc1oc(=O)oc1COC(=O)SC(C)(C)[C@@H](NC(=O)OCOC(=O)C(C)C)C(=O)O. The lowest BCUT2D eigenvalue weighted by molar-refractivity contribution is -0.156. The predicted molar refractivity (Wildman–Crippen MR) is 101 cm³/mol. The Bertz CT molecular complexity index is 839. The zero-order valence-corrected chi connectivity index (χ0v) is 17.8. The van der Waals surface area contributed by atoms with Gasteiger partial charge in [-0.3, -0.25) is 4.79 Å². The highest BCUT2D eigenvalue weighted by atomic mass is 32.2. The molecule has 1 rings (SSSR count). The highest BCUT2D eigenvalue weighted by molar-refractivity contribution is 8.14. The first kappa shape index (κ1) is 25.1. The molecule has 0 bridgehead atoms. The molecule has 1 atom stereocenters. The maximum absolute atomic E-state index is 12.1. The molecule has 0 unspecified atom stereocenters. The molecule has 0 radical (unpaired) electrons. The molecule has 1 aromatic rings. The lowest BCUT2D eigenvalue weighted by atomic mass is 10.0. The van der Waals surface area contributed by atoms with Crippen LogP contribution in [0.25, 0.3) is 0 Å². The van der Waals surface area contributed by atoms with E-state index in [4.69, 9.17) is 4.74 Å². The third kappa shape index (κ3) is 7.81. The van der Waals surface area contributed by atoms with Gasteiger partial charge in [0.15, 0.2) is 18.1 Å². The Morgan fingerprint density at radius 3 is 2.27 bits per heavy atom. The summed E-state index contributed by atoms with van der Waals surface area (Å²) in [6.45, 7) is 6.31. The molecule has 0 aliphatic heterocycles. The van der Waals surface area contributed by atoms with Gasteiger partial charge in [0.05, 0.1) is 10.7 Å². The van der Waals surface area contributed by atoms with Crippen molar-refractivity contribution >= 4 is 35.1 Å². The van der Waals surface area contributed by atoms with Gasteiger partial charge in [0.2, 0.25) is 6.79 Å². The molecule has 2 N–H and O–H groups in total. The highest BCUT2D eigenvalue weighted by Crippen LogP contribution is 2.30. The quantitative estimate of drug-likeness (QED) is 0.415. The minimum atomic E-state index is -1.56. The molecule has 0 fully saturated rings. The van der Waals surface area contributed by atoms with Crippen molar-refractivity contribution in [3.8, 4) is 0 Å². The van der Waals surface area contributed by atoms with Crippen LogP contribution in [0, 0.1) is 12.8 Å². The monoisotopic (exact) mass is 449 g/mol. The normalized spacial score (nSPS) is 12.2. The lowest BCUT2D eigenvalue weighted by Gasteiger charge is -2.29. The number of ether oxygens (including phenoxy) is 3. The van der Waals surface area contributed by atoms with Gasteiger partial charge in [-0.05, 0) is 32.5 Å². The van der Waals surface area contributed by atoms with Gasteiger partial charge in [-0.15, -0.1) is 0 Å². The topological polar surface area (TPSA) is 172 Å². The Morgan fingerprint density at radius 2 is 1.77 bits per heavy atom. The van der Waals surface area contributed by atoms with Crippen molar-refractivity contribution in [2.75, 3.05) is 6.79 Å². The van der Waals surface area contributed by atoms with E-state index in [2.05, 4.69) is 23.6 Å². The second-order valence-corrected chi connectivity index (χ2v) is 8.35. The van der Waals surface area contributed by atoms with Crippen LogP contribution in [0.15, 0.2) is 13.6 Å². The van der Waals surface area contributed by atoms with E-state index < -0.39 is 59.3 Å². The third-order valence-corrected chi connectivity index (χ3v) is 4.62. The van der Waals surface area contributed by atoms with Crippen LogP contribution in [0.4, 0.5) is 9.59 Å². The Morgan fingerprint density at radius 1 is 1.13 bits per heavy atom. The van der Waals surface area contributed by atoms with E-state index in [1.807, 2.05) is 0 Å². The summed E-state index contributed by atoms with van der Waals surface area (Å²) in [6.07, 6.45) is -1.16. The number of nitrogens with one attached hydrogen (secondary N) is 1. The third-order valence-electron chi connectivity index (χ3n) is 3.57. The molecule has 12 nitrogen and oxygen atoms in total. The van der Waals surface area contributed by atoms with E-state index in [-0.39, 0.29) is 11.5 Å². The largest absolute Gasteiger partial charge is 0.519 e. The van der Waals surface area contributed by atoms with Crippen molar-refractivity contribution in [1.82, 2.24) is 5.32 Å². The Kier molecular flexibility index (Phi) is 8.95. The minimum Gasteiger partial charge on any atom is -0.480 e. The van der Waals surface area contributed by atoms with Crippen molar-refractivity contribution in [3.63, 3.8) is 0 Å². The summed E-state index contributed by atoms with van der Waals surface area (Å²) < 4.78 is 22.2. The number of carboxylic acids is 1. The fourth-order valence-corrected chi connectivity index (χ4v) is 2.76. The fraction of sp³-hybridized carbons (Fsp3) is 0.588. The number of rotatable bonds is 9. The Hall–Kier alpha value is -2.96. The van der Waals surface area contributed by atoms with Crippen LogP contribution >= 0.6 is 11.8 Å². The second kappa shape index (κ2) is 10.7. The summed E-state index contributed by atoms with van der Waals surface area (Å²) in [6, 6.07) is -1.56. The highest BCUT2D eigenvalue weighted by Gasteiger charge is 2.40. The smallest absolute Gasteiger partial charge is 0.480 e. The molecular weight excluding hydrogens is 426 g/mol. The fourth-order valence-electron chi connectivity index (χ4n) is 1.93. The number of aryl methyl sites for hydroxylation is 1. The number of amides is 1. The molecule has 0 aliphatic carbocycles. The van der Waals surface area contributed by atoms with E-state index in [0.717, 1.165) is 0 Å². The maximum atomic E-state index is 12.1. The van der Waals surface area contributed by atoms with Crippen molar-refractivity contribution in [2.24, 2.45) is 5.92 Å². The number of alkyl carbamates (subject to hydrolysis) is 1. The van der Waals surface area contributed by atoms with Crippen LogP contribution in [-0.2, 0) is 30.4 Å². The first-order valence-corrected chi connectivity index (χ1v) is 9.43. The molecule has 30 heavy (non-hydrogen) atoms. The van der Waals surface area contributed by atoms with Crippen molar-refractivity contribution in [3.05, 3.63) is 22.1 Å². The number of esters is 1. The average Bonchev–Trinajstić information content (AvgIpc) is 2.94. The van der Waals surface area contributed by atoms with Crippen molar-refractivity contribution in [1.29, 1.82) is 0 Å². The van der Waals surface area contributed by atoms with Gasteiger partial charge in [-0.1, -0.05) is 13.8 Å². The summed E-state index contributed by atoms with van der Waals surface area (Å²) in [5.74, 6) is -3.25. The standard InChI is InChI=1S/C17H23NO11S/c1-8(2)13(21)26-7-27-14(22)18-11(12(19)20)17(4,5)30-16(24)25-6-10-9(3)28-15(23)29-10/h8,11H,6-7H2,1-5H3,(H,18,22)(H,19,20)/t11-/m0/s1. The average molecular weight is 449 g/mol. The van der Waals surface area contributed by atoms with E-state index in [0.29, 0.717) is 11.8 Å². The van der Waals surface area contributed by atoms with Gasteiger partial charge in [0, 0.05) is 0 Å². The van der Waals surface area contributed by atoms with Gasteiger partial charge in [0.25, 0.3) is 0 Å². The number of hydrogen-bond donors (Lipinski definition) is 2. The van der Waals surface area contributed by atoms with Crippen molar-refractivity contribution < 1.29 is 47.3 Å². The van der Waals surface area contributed by atoms with Crippen LogP contribution < -0.4 is 11.1 Å². The molecule has 0 saturated carbocycles. The molecule has 0 saturated heterocycles. The molecule has 0 spiro atoms. The van der Waals surface area contributed by atoms with Gasteiger partial charge >= 0.3 is 29.2 Å². The number of carbonyl (C=O) groups excluding carboxylic acids is 3. The number of carbonyl (C=O) groups is 4. The molecule has 13 heteroatoms. The summed E-state index contributed by atoms with van der Waals surface area (Å²) in [7, 11) is 0. The number of thioether (sulfide) groups is 1. The van der Waals surface area contributed by atoms with Gasteiger partial charge in [0.1, 0.15) is 6.04 Å². The summed E-state index contributed by atoms with van der Waals surface area (Å²) in [5.41, 5.74) is 0. The van der Waals surface area contributed by atoms with Crippen LogP contribution in [0.2, 0.25) is 0 Å². The van der Waals surface area contributed by atoms with Gasteiger partial charge in [-0.2, -0.15) is 0 Å². The lowest BCUT2D eigenvalue weighted by Crippen LogP contribution is -2.53. The zero-order chi connectivity index (χ0) is 23.1. The second-order valence-electron chi connectivity index (χ2n) is 6.76. The minimum absolute atomic E-state index is 0.0131. The molecule has 0 aliphatic rings. The van der Waals surface area contributed by atoms with E-state index >= 15 is 0 Å². The molecule has 1 heterocycles. The summed E-state index contributed by atoms with van der Waals surface area (Å²) in [5, 5.41) is 10.6. The van der Waals surface area contributed by atoms with E-state index in [1.54, 1.807) is 13.8 Å². The van der Waals surface area contributed by atoms with Crippen LogP contribution in [0.3, 0.4) is 0 Å². The Balaban J connectivity index is 2.63. The number of carboxylic acid groups (broad SMARTS) is 1. The Labute approximate surface area is 175 Å². The first-order chi connectivity index (χ1) is 13.8. The van der Waals surface area contributed by atoms with E-state index in [9.17, 15) is 29.1 Å². The maximum Gasteiger partial charge on any atom is 0.519 e. The molecule has 1 amide bonds. The molecule has 1 aromatic heterocycles. The molecule has 168 valence electrons. The van der Waals surface area contributed by atoms with Crippen LogP contribution in [-0.4, -0.2) is 46.0 Å². The van der Waals surface area contributed by atoms with Crippen LogP contribution in [0.1, 0.15) is 39.2 Å². The summed E-state index contributed by atoms with van der Waals surface area (Å²) >= 11 is 0.497. The summed E-state index contributed by atoms with van der Waals surface area (Å²) in [4.78, 5) is 57.8. The molecule has 0 aromatic carbocycles. The van der Waals surface area contributed by atoms with Crippen molar-refractivity contribution in [2.45, 2.75) is 52.0 Å². The van der Waals surface area contributed by atoms with Gasteiger partial charge < -0.3 is 33.5 Å².